The zero-order valence-electron chi connectivity index (χ0n) is 9.52. The third-order valence-electron chi connectivity index (χ3n) is 2.51. The van der Waals surface area contributed by atoms with E-state index in [0.717, 1.165) is 11.1 Å². The van der Waals surface area contributed by atoms with Gasteiger partial charge in [-0.15, -0.1) is 0 Å². The summed E-state index contributed by atoms with van der Waals surface area (Å²) in [6.07, 6.45) is 0. The highest BCUT2D eigenvalue weighted by Gasteiger charge is 2.10. The Kier molecular flexibility index (Phi) is 2.82. The van der Waals surface area contributed by atoms with Crippen LogP contribution in [0.25, 0.3) is 10.9 Å². The summed E-state index contributed by atoms with van der Waals surface area (Å²) in [7, 11) is 3.30. The van der Waals surface area contributed by atoms with Crippen molar-refractivity contribution in [2.45, 2.75) is 0 Å². The number of hydrogen-bond acceptors (Lipinski definition) is 4. The summed E-state index contributed by atoms with van der Waals surface area (Å²) >= 11 is 0. The van der Waals surface area contributed by atoms with E-state index in [0.29, 0.717) is 11.3 Å². The lowest BCUT2D eigenvalue weighted by Crippen LogP contribution is -2.03. The molecular formula is C12H12N2O3. The second-order valence-corrected chi connectivity index (χ2v) is 3.49. The smallest absolute Gasteiger partial charge is 0.354 e. The van der Waals surface area contributed by atoms with Crippen LogP contribution in [-0.4, -0.2) is 30.2 Å². The van der Waals surface area contributed by atoms with Crippen LogP contribution < -0.4 is 10.1 Å². The molecule has 0 amide bonds. The molecule has 0 aliphatic carbocycles. The van der Waals surface area contributed by atoms with Crippen molar-refractivity contribution in [3.63, 3.8) is 0 Å². The summed E-state index contributed by atoms with van der Waals surface area (Å²) in [5.41, 5.74) is 1.33. The van der Waals surface area contributed by atoms with E-state index in [1.54, 1.807) is 20.2 Å². The predicted molar refractivity (Wildman–Crippen MR) is 64.8 cm³/mol. The molecule has 0 aliphatic rings. The van der Waals surface area contributed by atoms with E-state index in [2.05, 4.69) is 10.3 Å². The molecule has 0 saturated carbocycles. The highest BCUT2D eigenvalue weighted by atomic mass is 16.5. The minimum atomic E-state index is -1.05. The molecule has 17 heavy (non-hydrogen) atoms. The summed E-state index contributed by atoms with van der Waals surface area (Å²) in [6, 6.07) is 6.88. The number of carboxylic acid groups (broad SMARTS) is 1. The van der Waals surface area contributed by atoms with Crippen molar-refractivity contribution in [3.8, 4) is 5.75 Å². The Morgan fingerprint density at radius 1 is 1.41 bits per heavy atom. The van der Waals surface area contributed by atoms with Gasteiger partial charge in [-0.05, 0) is 18.2 Å². The van der Waals surface area contributed by atoms with Gasteiger partial charge in [-0.3, -0.25) is 0 Å². The molecule has 2 aromatic rings. The molecule has 2 N–H and O–H groups in total. The van der Waals surface area contributed by atoms with Crippen LogP contribution in [0.5, 0.6) is 5.75 Å². The molecule has 0 fully saturated rings. The molecule has 5 heteroatoms. The summed E-state index contributed by atoms with van der Waals surface area (Å²) in [6.45, 7) is 0. The van der Waals surface area contributed by atoms with Crippen LogP contribution in [0.2, 0.25) is 0 Å². The molecule has 1 aromatic carbocycles. The Bertz CT molecular complexity index is 581. The zero-order valence-corrected chi connectivity index (χ0v) is 9.52. The monoisotopic (exact) mass is 232 g/mol. The maximum absolute atomic E-state index is 10.9. The number of nitrogens with one attached hydrogen (secondary N) is 1. The molecule has 0 spiro atoms. The molecule has 2 rings (SSSR count). The fraction of sp³-hybridized carbons (Fsp3) is 0.167. The fourth-order valence-electron chi connectivity index (χ4n) is 1.65. The second kappa shape index (κ2) is 4.29. The standard InChI is InChI=1S/C12H12N2O3/c1-13-9-6-11(12(15)16)14-10-5-7(17-2)3-4-8(9)10/h3-6H,1-2H3,(H,13,14)(H,15,16). The molecule has 88 valence electrons. The summed E-state index contributed by atoms with van der Waals surface area (Å²) in [4.78, 5) is 15.0. The second-order valence-electron chi connectivity index (χ2n) is 3.49. The van der Waals surface area contributed by atoms with Gasteiger partial charge in [-0.2, -0.15) is 0 Å². The first-order valence-electron chi connectivity index (χ1n) is 5.05. The number of fused-ring (bicyclic) bond motifs is 1. The Morgan fingerprint density at radius 2 is 2.18 bits per heavy atom. The SMILES string of the molecule is CNc1cc(C(=O)O)nc2cc(OC)ccc12. The number of anilines is 1. The first-order valence-corrected chi connectivity index (χ1v) is 5.05. The Labute approximate surface area is 98.0 Å². The van der Waals surface area contributed by atoms with Crippen molar-refractivity contribution in [1.82, 2.24) is 4.98 Å². The maximum atomic E-state index is 10.9. The van der Waals surface area contributed by atoms with Crippen molar-refractivity contribution in [2.24, 2.45) is 0 Å². The minimum Gasteiger partial charge on any atom is -0.497 e. The van der Waals surface area contributed by atoms with E-state index >= 15 is 0 Å². The van der Waals surface area contributed by atoms with Gasteiger partial charge in [0.2, 0.25) is 0 Å². The minimum absolute atomic E-state index is 0.00935. The zero-order chi connectivity index (χ0) is 12.4. The third-order valence-corrected chi connectivity index (χ3v) is 2.51. The van der Waals surface area contributed by atoms with Gasteiger partial charge >= 0.3 is 5.97 Å². The molecule has 0 unspecified atom stereocenters. The molecule has 0 radical (unpaired) electrons. The topological polar surface area (TPSA) is 71.5 Å². The lowest BCUT2D eigenvalue weighted by Gasteiger charge is -2.08. The van der Waals surface area contributed by atoms with Gasteiger partial charge in [0.1, 0.15) is 5.75 Å². The van der Waals surface area contributed by atoms with Crippen LogP contribution >= 0.6 is 0 Å². The van der Waals surface area contributed by atoms with Gasteiger partial charge in [-0.1, -0.05) is 0 Å². The van der Waals surface area contributed by atoms with E-state index in [4.69, 9.17) is 9.84 Å². The van der Waals surface area contributed by atoms with Gasteiger partial charge in [0.25, 0.3) is 0 Å². The molecular weight excluding hydrogens is 220 g/mol. The van der Waals surface area contributed by atoms with Crippen LogP contribution in [0.4, 0.5) is 5.69 Å². The van der Waals surface area contributed by atoms with Crippen molar-refractivity contribution >= 4 is 22.6 Å². The van der Waals surface area contributed by atoms with E-state index < -0.39 is 5.97 Å². The van der Waals surface area contributed by atoms with Crippen molar-refractivity contribution in [3.05, 3.63) is 30.0 Å². The highest BCUT2D eigenvalue weighted by Crippen LogP contribution is 2.26. The Hall–Kier alpha value is -2.30. The number of methoxy groups -OCH3 is 1. The fourth-order valence-corrected chi connectivity index (χ4v) is 1.65. The number of aromatic carboxylic acids is 1. The van der Waals surface area contributed by atoms with E-state index in [1.165, 1.54) is 6.07 Å². The third kappa shape index (κ3) is 1.99. The van der Waals surface area contributed by atoms with Gasteiger partial charge in [-0.25, -0.2) is 9.78 Å². The number of carboxylic acids is 1. The maximum Gasteiger partial charge on any atom is 0.354 e. The van der Waals surface area contributed by atoms with E-state index in [-0.39, 0.29) is 5.69 Å². The van der Waals surface area contributed by atoms with Crippen LogP contribution in [-0.2, 0) is 0 Å². The molecule has 0 aliphatic heterocycles. The van der Waals surface area contributed by atoms with Gasteiger partial charge in [0.15, 0.2) is 5.69 Å². The number of carbonyl (C=O) groups is 1. The number of benzene rings is 1. The lowest BCUT2D eigenvalue weighted by atomic mass is 10.1. The molecule has 0 saturated heterocycles. The highest BCUT2D eigenvalue weighted by molar-refractivity contribution is 5.97. The Morgan fingerprint density at radius 3 is 2.76 bits per heavy atom. The van der Waals surface area contributed by atoms with Crippen molar-refractivity contribution in [2.75, 3.05) is 19.5 Å². The molecule has 0 bridgehead atoms. The number of aromatic nitrogens is 1. The molecule has 0 atom stereocenters. The normalized spacial score (nSPS) is 10.2. The number of ether oxygens (including phenoxy) is 1. The number of rotatable bonds is 3. The van der Waals surface area contributed by atoms with E-state index in [9.17, 15) is 4.79 Å². The predicted octanol–water partition coefficient (Wildman–Crippen LogP) is 1.98. The molecule has 5 nitrogen and oxygen atoms in total. The summed E-state index contributed by atoms with van der Waals surface area (Å²) in [5, 5.41) is 12.8. The number of hydrogen-bond donors (Lipinski definition) is 2. The van der Waals surface area contributed by atoms with Crippen molar-refractivity contribution < 1.29 is 14.6 Å². The average molecular weight is 232 g/mol. The van der Waals surface area contributed by atoms with Gasteiger partial charge < -0.3 is 15.2 Å². The molecule has 1 aromatic heterocycles. The van der Waals surface area contributed by atoms with Crippen molar-refractivity contribution in [1.29, 1.82) is 0 Å². The quantitative estimate of drug-likeness (QED) is 0.846. The lowest BCUT2D eigenvalue weighted by molar-refractivity contribution is 0.0691. The van der Waals surface area contributed by atoms with Crippen LogP contribution in [0.3, 0.4) is 0 Å². The van der Waals surface area contributed by atoms with Gasteiger partial charge in [0.05, 0.1) is 12.6 Å². The van der Waals surface area contributed by atoms with E-state index in [1.807, 2.05) is 12.1 Å². The Balaban J connectivity index is 2.73. The number of nitrogens with zero attached hydrogens (tertiary/aromatic N) is 1. The van der Waals surface area contributed by atoms with Crippen LogP contribution in [0.15, 0.2) is 24.3 Å². The van der Waals surface area contributed by atoms with Crippen LogP contribution in [0, 0.1) is 0 Å². The number of pyridine rings is 1. The van der Waals surface area contributed by atoms with Crippen LogP contribution in [0.1, 0.15) is 10.5 Å². The summed E-state index contributed by atoms with van der Waals surface area (Å²) in [5.74, 6) is -0.402. The first-order chi connectivity index (χ1) is 8.15. The first kappa shape index (κ1) is 11.2. The average Bonchev–Trinajstić information content (AvgIpc) is 2.36. The van der Waals surface area contributed by atoms with Gasteiger partial charge in [0, 0.05) is 24.2 Å². The molecule has 1 heterocycles. The largest absolute Gasteiger partial charge is 0.497 e. The summed E-state index contributed by atoms with van der Waals surface area (Å²) < 4.78 is 5.09.